The summed E-state index contributed by atoms with van der Waals surface area (Å²) in [6, 6.07) is 9.14. The highest BCUT2D eigenvalue weighted by Gasteiger charge is 2.15. The number of nitrogens with one attached hydrogen (secondary N) is 1. The molecule has 1 aliphatic heterocycles. The average molecular weight is 291 g/mol. The third-order valence-corrected chi connectivity index (χ3v) is 4.13. The van der Waals surface area contributed by atoms with E-state index in [1.807, 2.05) is 7.05 Å². The van der Waals surface area contributed by atoms with Gasteiger partial charge in [-0.25, -0.2) is 0 Å². The molecule has 1 N–H and O–H groups in total. The Bertz CT molecular complexity index is 385. The van der Waals surface area contributed by atoms with E-state index in [0.717, 1.165) is 19.4 Å². The standard InChI is InChI=1S/C18H29NO2/c1-3-6-15-8-10-16(11-9-15)18(19-2)14-20-13-17-7-4-5-12-21-17/h8-11,17-19H,3-7,12-14H2,1-2H3. The minimum atomic E-state index is 0.254. The van der Waals surface area contributed by atoms with Crippen LogP contribution in [-0.2, 0) is 15.9 Å². The number of hydrogen-bond donors (Lipinski definition) is 1. The Labute approximate surface area is 129 Å². The summed E-state index contributed by atoms with van der Waals surface area (Å²) >= 11 is 0. The van der Waals surface area contributed by atoms with Gasteiger partial charge in [0.25, 0.3) is 0 Å². The molecule has 118 valence electrons. The zero-order valence-corrected chi connectivity index (χ0v) is 13.4. The minimum absolute atomic E-state index is 0.254. The molecule has 1 saturated heterocycles. The average Bonchev–Trinajstić information content (AvgIpc) is 2.54. The number of benzene rings is 1. The number of hydrogen-bond acceptors (Lipinski definition) is 3. The van der Waals surface area contributed by atoms with Crippen LogP contribution in [-0.4, -0.2) is 33.0 Å². The summed E-state index contributed by atoms with van der Waals surface area (Å²) in [5, 5.41) is 3.34. The second-order valence-corrected chi connectivity index (χ2v) is 5.86. The summed E-state index contributed by atoms with van der Waals surface area (Å²) in [5.74, 6) is 0. The molecule has 1 aromatic carbocycles. The lowest BCUT2D eigenvalue weighted by molar-refractivity contribution is -0.0440. The van der Waals surface area contributed by atoms with E-state index in [0.29, 0.717) is 19.3 Å². The fourth-order valence-corrected chi connectivity index (χ4v) is 2.81. The van der Waals surface area contributed by atoms with Crippen molar-refractivity contribution in [3.05, 3.63) is 35.4 Å². The maximum absolute atomic E-state index is 5.87. The third kappa shape index (κ3) is 5.42. The highest BCUT2D eigenvalue weighted by atomic mass is 16.5. The number of ether oxygens (including phenoxy) is 2. The molecule has 3 heteroatoms. The first kappa shape index (κ1) is 16.5. The maximum Gasteiger partial charge on any atom is 0.0808 e. The van der Waals surface area contributed by atoms with Crippen LogP contribution in [0.1, 0.15) is 49.8 Å². The summed E-state index contributed by atoms with van der Waals surface area (Å²) in [4.78, 5) is 0. The predicted octanol–water partition coefficient (Wildman–Crippen LogP) is 3.49. The van der Waals surface area contributed by atoms with Gasteiger partial charge in [0.05, 0.1) is 25.4 Å². The van der Waals surface area contributed by atoms with Crippen LogP contribution < -0.4 is 5.32 Å². The van der Waals surface area contributed by atoms with Gasteiger partial charge in [-0.2, -0.15) is 0 Å². The van der Waals surface area contributed by atoms with Gasteiger partial charge in [0.15, 0.2) is 0 Å². The maximum atomic E-state index is 5.87. The van der Waals surface area contributed by atoms with E-state index in [9.17, 15) is 0 Å². The predicted molar refractivity (Wildman–Crippen MR) is 86.6 cm³/mol. The summed E-state index contributed by atoms with van der Waals surface area (Å²) < 4.78 is 11.6. The fourth-order valence-electron chi connectivity index (χ4n) is 2.81. The van der Waals surface area contributed by atoms with Gasteiger partial charge in [0.1, 0.15) is 0 Å². The Morgan fingerprint density at radius 1 is 1.29 bits per heavy atom. The van der Waals surface area contributed by atoms with Crippen molar-refractivity contribution < 1.29 is 9.47 Å². The monoisotopic (exact) mass is 291 g/mol. The Hall–Kier alpha value is -0.900. The van der Waals surface area contributed by atoms with Gasteiger partial charge in [0.2, 0.25) is 0 Å². The second kappa shape index (κ2) is 9.19. The molecule has 0 aliphatic carbocycles. The quantitative estimate of drug-likeness (QED) is 0.795. The zero-order chi connectivity index (χ0) is 14.9. The van der Waals surface area contributed by atoms with Crippen LogP contribution in [0.5, 0.6) is 0 Å². The van der Waals surface area contributed by atoms with Gasteiger partial charge in [-0.15, -0.1) is 0 Å². The van der Waals surface area contributed by atoms with Crippen LogP contribution in [0.3, 0.4) is 0 Å². The molecule has 3 nitrogen and oxygen atoms in total. The van der Waals surface area contributed by atoms with E-state index in [1.54, 1.807) is 0 Å². The van der Waals surface area contributed by atoms with Crippen LogP contribution in [0.15, 0.2) is 24.3 Å². The van der Waals surface area contributed by atoms with Gasteiger partial charge in [-0.3, -0.25) is 0 Å². The molecule has 0 bridgehead atoms. The first-order valence-electron chi connectivity index (χ1n) is 8.29. The van der Waals surface area contributed by atoms with Crippen molar-refractivity contribution in [1.29, 1.82) is 0 Å². The van der Waals surface area contributed by atoms with Crippen molar-refractivity contribution >= 4 is 0 Å². The summed E-state index contributed by atoms with van der Waals surface area (Å²) in [6.07, 6.45) is 6.24. The Kier molecular flexibility index (Phi) is 7.20. The minimum Gasteiger partial charge on any atom is -0.377 e. The molecule has 2 atom stereocenters. The molecule has 0 amide bonds. The van der Waals surface area contributed by atoms with E-state index < -0.39 is 0 Å². The highest BCUT2D eigenvalue weighted by molar-refractivity contribution is 5.25. The van der Waals surface area contributed by atoms with Crippen molar-refractivity contribution in [2.75, 3.05) is 26.9 Å². The molecule has 2 rings (SSSR count). The molecule has 0 spiro atoms. The van der Waals surface area contributed by atoms with E-state index in [4.69, 9.17) is 9.47 Å². The molecule has 21 heavy (non-hydrogen) atoms. The molecule has 1 aromatic rings. The molecule has 0 aromatic heterocycles. The largest absolute Gasteiger partial charge is 0.377 e. The summed E-state index contributed by atoms with van der Waals surface area (Å²) in [7, 11) is 1.99. The van der Waals surface area contributed by atoms with Crippen molar-refractivity contribution in [1.82, 2.24) is 5.32 Å². The van der Waals surface area contributed by atoms with Crippen LogP contribution in [0, 0.1) is 0 Å². The van der Waals surface area contributed by atoms with Crippen molar-refractivity contribution in [3.63, 3.8) is 0 Å². The second-order valence-electron chi connectivity index (χ2n) is 5.86. The molecule has 1 heterocycles. The lowest BCUT2D eigenvalue weighted by Crippen LogP contribution is -2.28. The van der Waals surface area contributed by atoms with Gasteiger partial charge in [0, 0.05) is 6.61 Å². The number of likely N-dealkylation sites (N-methyl/N-ethyl adjacent to an activating group) is 1. The Morgan fingerprint density at radius 3 is 2.71 bits per heavy atom. The molecular formula is C18H29NO2. The smallest absolute Gasteiger partial charge is 0.0808 e. The van der Waals surface area contributed by atoms with Crippen molar-refractivity contribution in [3.8, 4) is 0 Å². The SMILES string of the molecule is CCCc1ccc(C(COCC2CCCCO2)NC)cc1. The van der Waals surface area contributed by atoms with Gasteiger partial charge < -0.3 is 14.8 Å². The molecule has 1 aliphatic rings. The zero-order valence-electron chi connectivity index (χ0n) is 13.4. The van der Waals surface area contributed by atoms with Gasteiger partial charge in [-0.05, 0) is 43.9 Å². The molecule has 2 unspecified atom stereocenters. The van der Waals surface area contributed by atoms with Crippen molar-refractivity contribution in [2.24, 2.45) is 0 Å². The van der Waals surface area contributed by atoms with E-state index in [1.165, 1.54) is 30.4 Å². The third-order valence-electron chi connectivity index (χ3n) is 4.13. The summed E-state index contributed by atoms with van der Waals surface area (Å²) in [5.41, 5.74) is 2.70. The van der Waals surface area contributed by atoms with E-state index in [2.05, 4.69) is 36.5 Å². The number of aryl methyl sites for hydroxylation is 1. The van der Waals surface area contributed by atoms with Crippen LogP contribution >= 0.6 is 0 Å². The first-order chi connectivity index (χ1) is 10.3. The van der Waals surface area contributed by atoms with E-state index >= 15 is 0 Å². The fraction of sp³-hybridized carbons (Fsp3) is 0.667. The Morgan fingerprint density at radius 2 is 2.10 bits per heavy atom. The van der Waals surface area contributed by atoms with Gasteiger partial charge >= 0.3 is 0 Å². The first-order valence-corrected chi connectivity index (χ1v) is 8.29. The Balaban J connectivity index is 1.78. The number of rotatable bonds is 8. The summed E-state index contributed by atoms with van der Waals surface area (Å²) in [6.45, 7) is 4.52. The normalized spacial score (nSPS) is 20.4. The van der Waals surface area contributed by atoms with Crippen LogP contribution in [0.4, 0.5) is 0 Å². The molecule has 1 fully saturated rings. The molecule has 0 saturated carbocycles. The highest BCUT2D eigenvalue weighted by Crippen LogP contribution is 2.17. The van der Waals surface area contributed by atoms with Crippen LogP contribution in [0.2, 0.25) is 0 Å². The lowest BCUT2D eigenvalue weighted by atomic mass is 10.0. The molecule has 0 radical (unpaired) electrons. The van der Waals surface area contributed by atoms with Crippen molar-refractivity contribution in [2.45, 2.75) is 51.2 Å². The lowest BCUT2D eigenvalue weighted by Gasteiger charge is -2.24. The topological polar surface area (TPSA) is 30.5 Å². The van der Waals surface area contributed by atoms with Crippen LogP contribution in [0.25, 0.3) is 0 Å². The molecular weight excluding hydrogens is 262 g/mol. The van der Waals surface area contributed by atoms with E-state index in [-0.39, 0.29) is 6.04 Å². The van der Waals surface area contributed by atoms with Gasteiger partial charge in [-0.1, -0.05) is 37.6 Å².